The quantitative estimate of drug-likeness (QED) is 0.632. The summed E-state index contributed by atoms with van der Waals surface area (Å²) in [4.78, 5) is 0. The maximum atomic E-state index is 2.41. The molecule has 2 aliphatic carbocycles. The topological polar surface area (TPSA) is 0 Å². The average Bonchev–Trinajstić information content (AvgIpc) is 3.07. The van der Waals surface area contributed by atoms with Gasteiger partial charge in [-0.15, -0.1) is 0 Å². The van der Waals surface area contributed by atoms with Crippen LogP contribution in [0.3, 0.4) is 0 Å². The van der Waals surface area contributed by atoms with Gasteiger partial charge in [-0.05, 0) is 56.5 Å². The first-order valence-corrected chi connectivity index (χ1v) is 8.03. The van der Waals surface area contributed by atoms with E-state index in [1.165, 1.54) is 63.3 Å². The lowest BCUT2D eigenvalue weighted by Gasteiger charge is -1.99. The van der Waals surface area contributed by atoms with Crippen LogP contribution in [-0.4, -0.2) is 0 Å². The molecule has 0 aliphatic heterocycles. The van der Waals surface area contributed by atoms with E-state index in [1.807, 2.05) is 0 Å². The monoisotopic (exact) mass is 272 g/mol. The van der Waals surface area contributed by atoms with Crippen LogP contribution in [-0.2, 0) is 0 Å². The third kappa shape index (κ3) is 2.06. The highest BCUT2D eigenvalue weighted by atomic mass is 14.2. The predicted molar refractivity (Wildman–Crippen MR) is 90.0 cm³/mol. The van der Waals surface area contributed by atoms with E-state index in [0.29, 0.717) is 0 Å². The summed E-state index contributed by atoms with van der Waals surface area (Å²) in [5.41, 5.74) is 4.34. The molecule has 0 heterocycles. The van der Waals surface area contributed by atoms with Crippen LogP contribution in [0.1, 0.15) is 43.7 Å². The summed E-state index contributed by atoms with van der Waals surface area (Å²) in [5, 5.41) is 5.52. The third-order valence-electron chi connectivity index (χ3n) is 4.61. The van der Waals surface area contributed by atoms with E-state index >= 15 is 0 Å². The Hall–Kier alpha value is -2.08. The maximum absolute atomic E-state index is 2.41. The van der Waals surface area contributed by atoms with E-state index in [-0.39, 0.29) is 0 Å². The number of benzene rings is 2. The first-order chi connectivity index (χ1) is 10.4. The lowest BCUT2D eigenvalue weighted by Crippen LogP contribution is -2.03. The Morgan fingerprint density at radius 1 is 0.714 bits per heavy atom. The molecule has 2 aliphatic rings. The lowest BCUT2D eigenvalue weighted by molar-refractivity contribution is 0.723. The van der Waals surface area contributed by atoms with Gasteiger partial charge in [-0.2, -0.15) is 0 Å². The van der Waals surface area contributed by atoms with Gasteiger partial charge in [-0.25, -0.2) is 0 Å². The molecule has 0 amide bonds. The van der Waals surface area contributed by atoms with Gasteiger partial charge in [0, 0.05) is 0 Å². The molecule has 4 rings (SSSR count). The number of hydrogen-bond acceptors (Lipinski definition) is 0. The molecule has 104 valence electrons. The first-order valence-electron chi connectivity index (χ1n) is 8.03. The van der Waals surface area contributed by atoms with Gasteiger partial charge in [0.2, 0.25) is 0 Å². The third-order valence-corrected chi connectivity index (χ3v) is 4.61. The average molecular weight is 272 g/mol. The molecular weight excluding hydrogens is 252 g/mol. The molecule has 21 heavy (non-hydrogen) atoms. The molecule has 0 atom stereocenters. The van der Waals surface area contributed by atoms with Crippen molar-refractivity contribution in [2.24, 2.45) is 0 Å². The summed E-state index contributed by atoms with van der Waals surface area (Å²) in [6, 6.07) is 13.3. The predicted octanol–water partition coefficient (Wildman–Crippen LogP) is 3.87. The van der Waals surface area contributed by atoms with E-state index in [9.17, 15) is 0 Å². The molecule has 0 bridgehead atoms. The Balaban J connectivity index is 1.83. The van der Waals surface area contributed by atoms with E-state index in [2.05, 4.69) is 61.5 Å². The summed E-state index contributed by atoms with van der Waals surface area (Å²) in [6.45, 7) is 2.26. The second-order valence-electron chi connectivity index (χ2n) is 6.08. The Labute approximate surface area is 125 Å². The Kier molecular flexibility index (Phi) is 3.03. The van der Waals surface area contributed by atoms with E-state index in [0.717, 1.165) is 0 Å². The largest absolute Gasteiger partial charge is 0.0654 e. The molecule has 0 spiro atoms. The molecule has 0 unspecified atom stereocenters. The molecule has 0 saturated heterocycles. The van der Waals surface area contributed by atoms with Gasteiger partial charge in [0.1, 0.15) is 0 Å². The second kappa shape index (κ2) is 5.04. The molecule has 0 fully saturated rings. The number of allylic oxidation sites excluding steroid dienone is 1. The lowest BCUT2D eigenvalue weighted by atomic mass is 10.0. The molecule has 0 N–H and O–H groups in total. The van der Waals surface area contributed by atoms with Gasteiger partial charge >= 0.3 is 0 Å². The molecule has 0 aromatic heterocycles. The van der Waals surface area contributed by atoms with Crippen molar-refractivity contribution in [2.45, 2.75) is 32.6 Å². The van der Waals surface area contributed by atoms with Crippen LogP contribution < -0.4 is 10.4 Å². The standard InChI is InChI=1S/C21H20/c1-2-3-4-7-15-12-17-10-11-19-18-9-6-5-8-16(18)14-21(19)20(17)13-15/h5-6,8-14H,2-4,7H2,1H3. The first kappa shape index (κ1) is 12.6. The zero-order valence-corrected chi connectivity index (χ0v) is 12.5. The minimum atomic E-state index is 1.21. The van der Waals surface area contributed by atoms with E-state index in [1.54, 1.807) is 0 Å². The van der Waals surface area contributed by atoms with Crippen LogP contribution in [0, 0.1) is 10.4 Å². The molecule has 2 aromatic rings. The van der Waals surface area contributed by atoms with E-state index in [4.69, 9.17) is 0 Å². The van der Waals surface area contributed by atoms with Crippen molar-refractivity contribution in [1.82, 2.24) is 0 Å². The van der Waals surface area contributed by atoms with Crippen molar-refractivity contribution in [3.8, 4) is 0 Å². The van der Waals surface area contributed by atoms with Gasteiger partial charge in [0.05, 0.1) is 0 Å². The highest BCUT2D eigenvalue weighted by Crippen LogP contribution is 2.23. The summed E-state index contributed by atoms with van der Waals surface area (Å²) in [5.74, 6) is 0. The SMILES string of the molecule is CCCCCC1=Cc2c3c(ccc2=C1)=c1ccccc1=C3. The fourth-order valence-electron chi connectivity index (χ4n) is 3.50. The molecular formula is C21H20. The number of fused-ring (bicyclic) bond motifs is 4. The van der Waals surface area contributed by atoms with Crippen molar-refractivity contribution in [2.75, 3.05) is 0 Å². The van der Waals surface area contributed by atoms with Crippen molar-refractivity contribution in [3.63, 3.8) is 0 Å². The minimum absolute atomic E-state index is 1.21. The van der Waals surface area contributed by atoms with Crippen LogP contribution in [0.5, 0.6) is 0 Å². The number of rotatable bonds is 4. The fourth-order valence-corrected chi connectivity index (χ4v) is 3.50. The smallest absolute Gasteiger partial charge is 0.00929 e. The van der Waals surface area contributed by atoms with Gasteiger partial charge in [-0.1, -0.05) is 68.3 Å². The summed E-state index contributed by atoms with van der Waals surface area (Å²) >= 11 is 0. The van der Waals surface area contributed by atoms with Crippen molar-refractivity contribution in [1.29, 1.82) is 0 Å². The molecule has 0 radical (unpaired) electrons. The zero-order valence-electron chi connectivity index (χ0n) is 12.5. The highest BCUT2D eigenvalue weighted by molar-refractivity contribution is 5.79. The van der Waals surface area contributed by atoms with Crippen LogP contribution in [0.2, 0.25) is 0 Å². The Morgan fingerprint density at radius 3 is 2.52 bits per heavy atom. The molecule has 2 aromatic carbocycles. The van der Waals surface area contributed by atoms with Crippen molar-refractivity contribution in [3.05, 3.63) is 74.0 Å². The second-order valence-corrected chi connectivity index (χ2v) is 6.08. The zero-order chi connectivity index (χ0) is 14.2. The van der Waals surface area contributed by atoms with Gasteiger partial charge in [0.15, 0.2) is 0 Å². The number of unbranched alkanes of at least 4 members (excludes halogenated alkanes) is 2. The fraction of sp³-hybridized carbons (Fsp3) is 0.238. The number of hydrogen-bond donors (Lipinski definition) is 0. The van der Waals surface area contributed by atoms with Crippen LogP contribution in [0.4, 0.5) is 0 Å². The summed E-state index contributed by atoms with van der Waals surface area (Å²) in [6.07, 6.45) is 12.3. The van der Waals surface area contributed by atoms with E-state index < -0.39 is 0 Å². The van der Waals surface area contributed by atoms with Gasteiger partial charge in [0.25, 0.3) is 0 Å². The summed E-state index contributed by atoms with van der Waals surface area (Å²) in [7, 11) is 0. The molecule has 0 heteroatoms. The molecule has 0 nitrogen and oxygen atoms in total. The van der Waals surface area contributed by atoms with Crippen LogP contribution in [0.15, 0.2) is 42.0 Å². The Bertz CT molecular complexity index is 943. The van der Waals surface area contributed by atoms with Crippen LogP contribution >= 0.6 is 0 Å². The summed E-state index contributed by atoms with van der Waals surface area (Å²) < 4.78 is 0. The van der Waals surface area contributed by atoms with Gasteiger partial charge in [-0.3, -0.25) is 0 Å². The highest BCUT2D eigenvalue weighted by Gasteiger charge is 2.12. The van der Waals surface area contributed by atoms with Crippen molar-refractivity contribution < 1.29 is 0 Å². The maximum Gasteiger partial charge on any atom is -0.00929 e. The van der Waals surface area contributed by atoms with Crippen molar-refractivity contribution >= 4 is 18.2 Å². The van der Waals surface area contributed by atoms with Crippen LogP contribution in [0.25, 0.3) is 18.2 Å². The minimum Gasteiger partial charge on any atom is -0.0654 e. The van der Waals surface area contributed by atoms with Gasteiger partial charge < -0.3 is 0 Å². The normalized spacial score (nSPS) is 13.9. The Morgan fingerprint density at radius 2 is 1.62 bits per heavy atom. The molecule has 0 saturated carbocycles.